The Bertz CT molecular complexity index is 1460. The van der Waals surface area contributed by atoms with Gasteiger partial charge >= 0.3 is 12.2 Å². The molecule has 0 radical (unpaired) electrons. The third-order valence-electron chi connectivity index (χ3n) is 7.12. The van der Waals surface area contributed by atoms with Gasteiger partial charge < -0.3 is 15.0 Å². The molecule has 0 unspecified atom stereocenters. The maximum atomic E-state index is 15.1. The first-order valence-electron chi connectivity index (χ1n) is 13.3. The number of alkyl halides is 3. The van der Waals surface area contributed by atoms with Crippen LogP contribution in [0.5, 0.6) is 0 Å². The largest absolute Gasteiger partial charge is 0.452 e. The third-order valence-corrected chi connectivity index (χ3v) is 7.12. The van der Waals surface area contributed by atoms with Gasteiger partial charge in [-0.2, -0.15) is 13.2 Å². The number of amidine groups is 1. The lowest BCUT2D eigenvalue weighted by atomic mass is 9.85. The van der Waals surface area contributed by atoms with Crippen LogP contribution in [0, 0.1) is 23.6 Å². The minimum atomic E-state index is -4.81. The summed E-state index contributed by atoms with van der Waals surface area (Å²) in [5.74, 6) is 5.31. The normalized spacial score (nSPS) is 22.4. The highest BCUT2D eigenvalue weighted by molar-refractivity contribution is 6.04. The van der Waals surface area contributed by atoms with Gasteiger partial charge in [0, 0.05) is 47.8 Å². The second-order valence-corrected chi connectivity index (χ2v) is 10.5. The maximum Gasteiger partial charge on any atom is 0.425 e. The van der Waals surface area contributed by atoms with Crippen LogP contribution in [-0.2, 0) is 10.3 Å². The molecule has 41 heavy (non-hydrogen) atoms. The minimum Gasteiger partial charge on any atom is -0.452 e. The molecule has 0 saturated heterocycles. The van der Waals surface area contributed by atoms with E-state index in [2.05, 4.69) is 27.5 Å². The molecule has 5 rings (SSSR count). The summed E-state index contributed by atoms with van der Waals surface area (Å²) < 4.78 is 61.7. The van der Waals surface area contributed by atoms with E-state index in [0.717, 1.165) is 24.5 Å². The Morgan fingerprint density at radius 2 is 1.88 bits per heavy atom. The molecule has 214 valence electrons. The van der Waals surface area contributed by atoms with Crippen molar-refractivity contribution in [3.8, 4) is 11.8 Å². The van der Waals surface area contributed by atoms with Crippen molar-refractivity contribution in [3.05, 3.63) is 77.1 Å². The molecular formula is C30H28F4N4O3. The van der Waals surface area contributed by atoms with E-state index in [-0.39, 0.29) is 16.8 Å². The average Bonchev–Trinajstić information content (AvgIpc) is 3.77. The van der Waals surface area contributed by atoms with E-state index in [9.17, 15) is 22.8 Å². The molecule has 2 heterocycles. The molecular weight excluding hydrogens is 540 g/mol. The van der Waals surface area contributed by atoms with Crippen LogP contribution in [0.2, 0.25) is 0 Å². The molecule has 2 aromatic rings. The highest BCUT2D eigenvalue weighted by atomic mass is 19.4. The fourth-order valence-corrected chi connectivity index (χ4v) is 4.61. The van der Waals surface area contributed by atoms with Crippen LogP contribution < -0.4 is 10.6 Å². The van der Waals surface area contributed by atoms with Crippen LogP contribution in [-0.4, -0.2) is 48.2 Å². The van der Waals surface area contributed by atoms with Crippen LogP contribution in [0.1, 0.15) is 48.5 Å². The summed E-state index contributed by atoms with van der Waals surface area (Å²) >= 11 is 0. The van der Waals surface area contributed by atoms with Gasteiger partial charge in [0.05, 0.1) is 5.54 Å². The Labute approximate surface area is 234 Å². The SMILES string of the molecule is C[C@]1(c2cc(NC(=O)N3CC=C(C#CC4CC4)CC3)ccc2F)C[C@@H](C(F)(F)F)OC(NC(=O)c2ccccc2)=N1. The van der Waals surface area contributed by atoms with E-state index in [1.165, 1.54) is 31.2 Å². The van der Waals surface area contributed by atoms with Gasteiger partial charge in [-0.05, 0) is 56.5 Å². The molecule has 0 aromatic heterocycles. The van der Waals surface area contributed by atoms with E-state index >= 15 is 4.39 Å². The number of nitrogens with zero attached hydrogens (tertiary/aromatic N) is 2. The Hall–Kier alpha value is -4.33. The molecule has 2 N–H and O–H groups in total. The smallest absolute Gasteiger partial charge is 0.425 e. The summed E-state index contributed by atoms with van der Waals surface area (Å²) in [5, 5.41) is 4.97. The first-order chi connectivity index (χ1) is 19.5. The number of benzene rings is 2. The molecule has 0 spiro atoms. The van der Waals surface area contributed by atoms with E-state index in [1.807, 2.05) is 6.08 Å². The second-order valence-electron chi connectivity index (χ2n) is 10.5. The topological polar surface area (TPSA) is 83.0 Å². The van der Waals surface area contributed by atoms with Crippen molar-refractivity contribution in [2.75, 3.05) is 18.4 Å². The predicted octanol–water partition coefficient (Wildman–Crippen LogP) is 5.76. The number of halogens is 4. The lowest BCUT2D eigenvalue weighted by Crippen LogP contribution is -2.48. The second kappa shape index (κ2) is 11.3. The first-order valence-corrected chi connectivity index (χ1v) is 13.3. The number of amides is 3. The highest BCUT2D eigenvalue weighted by Crippen LogP contribution is 2.41. The zero-order chi connectivity index (χ0) is 29.2. The molecule has 7 nitrogen and oxygen atoms in total. The Balaban J connectivity index is 1.35. The molecule has 3 amide bonds. The van der Waals surface area contributed by atoms with E-state index < -0.39 is 48.0 Å². The number of anilines is 1. The summed E-state index contributed by atoms with van der Waals surface area (Å²) in [6.07, 6.45) is -3.13. The van der Waals surface area contributed by atoms with E-state index in [4.69, 9.17) is 4.74 Å². The first kappa shape index (κ1) is 28.2. The third kappa shape index (κ3) is 6.88. The molecule has 1 saturated carbocycles. The van der Waals surface area contributed by atoms with Crippen LogP contribution in [0.3, 0.4) is 0 Å². The van der Waals surface area contributed by atoms with E-state index in [0.29, 0.717) is 25.4 Å². The number of carbonyl (C=O) groups is 2. The van der Waals surface area contributed by atoms with Crippen LogP contribution in [0.4, 0.5) is 28.0 Å². The molecule has 2 aromatic carbocycles. The van der Waals surface area contributed by atoms with Crippen molar-refractivity contribution in [1.29, 1.82) is 0 Å². The van der Waals surface area contributed by atoms with Gasteiger partial charge in [0.2, 0.25) is 0 Å². The Kier molecular flexibility index (Phi) is 7.76. The van der Waals surface area contributed by atoms with Gasteiger partial charge in [-0.25, -0.2) is 14.2 Å². The van der Waals surface area contributed by atoms with Gasteiger partial charge in [-0.15, -0.1) is 0 Å². The number of nitrogens with one attached hydrogen (secondary N) is 2. The number of carbonyl (C=O) groups excluding carboxylic acids is 2. The lowest BCUT2D eigenvalue weighted by Gasteiger charge is -2.37. The number of ether oxygens (including phenoxy) is 1. The molecule has 11 heteroatoms. The molecule has 3 aliphatic rings. The van der Waals surface area contributed by atoms with Crippen molar-refractivity contribution < 1.29 is 31.9 Å². The number of hydrogen-bond acceptors (Lipinski definition) is 4. The summed E-state index contributed by atoms with van der Waals surface area (Å²) in [7, 11) is 0. The average molecular weight is 569 g/mol. The van der Waals surface area contributed by atoms with Gasteiger partial charge in [0.15, 0.2) is 6.10 Å². The van der Waals surface area contributed by atoms with Gasteiger partial charge in [-0.3, -0.25) is 10.1 Å². The van der Waals surface area contributed by atoms with Gasteiger partial charge in [-0.1, -0.05) is 36.1 Å². The fraction of sp³-hybridized carbons (Fsp3) is 0.367. The summed E-state index contributed by atoms with van der Waals surface area (Å²) in [4.78, 5) is 31.3. The zero-order valence-corrected chi connectivity index (χ0v) is 22.2. The van der Waals surface area contributed by atoms with Crippen LogP contribution >= 0.6 is 0 Å². The Morgan fingerprint density at radius 1 is 1.12 bits per heavy atom. The molecule has 2 aliphatic heterocycles. The van der Waals surface area contributed by atoms with Crippen LogP contribution in [0.25, 0.3) is 0 Å². The summed E-state index contributed by atoms with van der Waals surface area (Å²) in [6.45, 7) is 2.13. The number of hydrogen-bond donors (Lipinski definition) is 2. The summed E-state index contributed by atoms with van der Waals surface area (Å²) in [5.41, 5.74) is -0.595. The lowest BCUT2D eigenvalue weighted by molar-refractivity contribution is -0.208. The number of aliphatic imine (C=N–C) groups is 1. The fourth-order valence-electron chi connectivity index (χ4n) is 4.61. The quantitative estimate of drug-likeness (QED) is 0.365. The summed E-state index contributed by atoms with van der Waals surface area (Å²) in [6, 6.07) is 10.4. The Morgan fingerprint density at radius 3 is 2.54 bits per heavy atom. The van der Waals surface area contributed by atoms with Crippen LogP contribution in [0.15, 0.2) is 65.2 Å². The molecule has 2 atom stereocenters. The van der Waals surface area contributed by atoms with Crippen molar-refractivity contribution in [1.82, 2.24) is 10.2 Å². The monoisotopic (exact) mass is 568 g/mol. The van der Waals surface area contributed by atoms with E-state index in [1.54, 1.807) is 23.1 Å². The number of urea groups is 1. The van der Waals surface area contributed by atoms with Crippen molar-refractivity contribution in [2.24, 2.45) is 10.9 Å². The van der Waals surface area contributed by atoms with Gasteiger partial charge in [0.1, 0.15) is 5.82 Å². The molecule has 0 bridgehead atoms. The highest BCUT2D eigenvalue weighted by Gasteiger charge is 2.50. The molecule has 1 aliphatic carbocycles. The standard InChI is InChI=1S/C30H28F4N4O3/c1-29(18-25(30(32,33)34)41-27(37-29)36-26(39)21-5-3-2-4-6-21)23-17-22(11-12-24(23)31)35-28(40)38-15-13-20(14-16-38)10-9-19-7-8-19/h2-6,11-13,17,19,25H,7-8,14-16,18H2,1H3,(H,35,40)(H,36,37,39)/t25-,29+/m0/s1. The zero-order valence-electron chi connectivity index (χ0n) is 22.2. The number of rotatable bonds is 3. The van der Waals surface area contributed by atoms with Crippen molar-refractivity contribution in [2.45, 2.75) is 50.4 Å². The predicted molar refractivity (Wildman–Crippen MR) is 144 cm³/mol. The van der Waals surface area contributed by atoms with Gasteiger partial charge in [0.25, 0.3) is 11.9 Å². The maximum absolute atomic E-state index is 15.1. The van der Waals surface area contributed by atoms with Crippen molar-refractivity contribution in [3.63, 3.8) is 0 Å². The van der Waals surface area contributed by atoms with Crippen molar-refractivity contribution >= 4 is 23.6 Å². The minimum absolute atomic E-state index is 0.181. The molecule has 1 fully saturated rings.